The third-order valence-electron chi connectivity index (χ3n) is 3.53. The van der Waals surface area contributed by atoms with Gasteiger partial charge in [0, 0.05) is 19.2 Å². The van der Waals surface area contributed by atoms with E-state index < -0.39 is 27.1 Å². The monoisotopic (exact) mass is 333 g/mol. The van der Waals surface area contributed by atoms with Crippen LogP contribution in [0.25, 0.3) is 0 Å². The molecular weight excluding hydrogens is 318 g/mol. The predicted octanol–water partition coefficient (Wildman–Crippen LogP) is 2.99. The number of benzene rings is 1. The minimum Gasteiger partial charge on any atom is -0.464 e. The van der Waals surface area contributed by atoms with Crippen LogP contribution < -0.4 is 0 Å². The van der Waals surface area contributed by atoms with Crippen molar-refractivity contribution >= 4 is 17.3 Å². The van der Waals surface area contributed by atoms with Gasteiger partial charge in [-0.2, -0.15) is 0 Å². The summed E-state index contributed by atoms with van der Waals surface area (Å²) in [6, 6.07) is 5.55. The van der Waals surface area contributed by atoms with Gasteiger partial charge in [0.25, 0.3) is 17.3 Å². The van der Waals surface area contributed by atoms with Gasteiger partial charge in [0.1, 0.15) is 17.1 Å². The SMILES string of the molecule is Cc1ccc(CN(C)C(=O)c2cc([N+](=O)[O-])c(C)c([N+](=O)[O-])c2)o1. The number of furan rings is 1. The summed E-state index contributed by atoms with van der Waals surface area (Å²) in [7, 11) is 1.48. The lowest BCUT2D eigenvalue weighted by Gasteiger charge is -2.16. The number of nitrogens with zero attached hydrogens (tertiary/aromatic N) is 3. The zero-order valence-electron chi connectivity index (χ0n) is 13.3. The van der Waals surface area contributed by atoms with E-state index in [1.807, 2.05) is 0 Å². The Morgan fingerprint density at radius 1 is 1.12 bits per heavy atom. The van der Waals surface area contributed by atoms with Crippen molar-refractivity contribution < 1.29 is 19.1 Å². The molecule has 0 bridgehead atoms. The number of carbonyl (C=O) groups excluding carboxylic acids is 1. The third kappa shape index (κ3) is 3.40. The Hall–Kier alpha value is -3.23. The lowest BCUT2D eigenvalue weighted by Crippen LogP contribution is -2.26. The fourth-order valence-corrected chi connectivity index (χ4v) is 2.28. The van der Waals surface area contributed by atoms with Crippen LogP contribution >= 0.6 is 0 Å². The van der Waals surface area contributed by atoms with Crippen LogP contribution in [0.1, 0.15) is 27.4 Å². The van der Waals surface area contributed by atoms with Crippen molar-refractivity contribution in [2.75, 3.05) is 7.05 Å². The highest BCUT2D eigenvalue weighted by atomic mass is 16.6. The van der Waals surface area contributed by atoms with Crippen molar-refractivity contribution in [3.63, 3.8) is 0 Å². The molecule has 9 nitrogen and oxygen atoms in total. The van der Waals surface area contributed by atoms with Crippen LogP contribution in [0.15, 0.2) is 28.7 Å². The maximum absolute atomic E-state index is 12.5. The molecule has 0 aliphatic carbocycles. The summed E-state index contributed by atoms with van der Waals surface area (Å²) < 4.78 is 5.37. The quantitative estimate of drug-likeness (QED) is 0.612. The number of rotatable bonds is 5. The van der Waals surface area contributed by atoms with Crippen molar-refractivity contribution in [3.05, 3.63) is 67.1 Å². The van der Waals surface area contributed by atoms with Crippen molar-refractivity contribution in [1.82, 2.24) is 4.90 Å². The zero-order chi connectivity index (χ0) is 18.0. The minimum absolute atomic E-state index is 0.0918. The Morgan fingerprint density at radius 2 is 1.67 bits per heavy atom. The second-order valence-corrected chi connectivity index (χ2v) is 5.33. The number of carbonyl (C=O) groups is 1. The molecule has 1 heterocycles. The van der Waals surface area contributed by atoms with E-state index in [2.05, 4.69) is 0 Å². The average molecular weight is 333 g/mol. The molecule has 0 fully saturated rings. The molecule has 9 heteroatoms. The number of hydrogen-bond donors (Lipinski definition) is 0. The topological polar surface area (TPSA) is 120 Å². The summed E-state index contributed by atoms with van der Waals surface area (Å²) in [5.41, 5.74) is -1.14. The van der Waals surface area contributed by atoms with Gasteiger partial charge in [-0.1, -0.05) is 0 Å². The van der Waals surface area contributed by atoms with Gasteiger partial charge in [-0.15, -0.1) is 0 Å². The Bertz CT molecular complexity index is 791. The number of nitro benzene ring substituents is 2. The fourth-order valence-electron chi connectivity index (χ4n) is 2.28. The smallest absolute Gasteiger partial charge is 0.279 e. The molecule has 1 amide bonds. The fraction of sp³-hybridized carbons (Fsp3) is 0.267. The van der Waals surface area contributed by atoms with Crippen LogP contribution in [0, 0.1) is 34.1 Å². The lowest BCUT2D eigenvalue weighted by molar-refractivity contribution is -0.395. The summed E-state index contributed by atoms with van der Waals surface area (Å²) in [6.45, 7) is 3.18. The molecular formula is C15H15N3O6. The summed E-state index contributed by atoms with van der Waals surface area (Å²) in [5, 5.41) is 22.2. The van der Waals surface area contributed by atoms with E-state index in [1.165, 1.54) is 18.9 Å². The van der Waals surface area contributed by atoms with E-state index >= 15 is 0 Å². The largest absolute Gasteiger partial charge is 0.464 e. The highest BCUT2D eigenvalue weighted by Gasteiger charge is 2.26. The second kappa shape index (κ2) is 6.49. The third-order valence-corrected chi connectivity index (χ3v) is 3.53. The second-order valence-electron chi connectivity index (χ2n) is 5.33. The Morgan fingerprint density at radius 3 is 2.08 bits per heavy atom. The number of aryl methyl sites for hydroxylation is 1. The van der Waals surface area contributed by atoms with Crippen molar-refractivity contribution in [2.45, 2.75) is 20.4 Å². The van der Waals surface area contributed by atoms with Gasteiger partial charge in [0.15, 0.2) is 0 Å². The molecule has 126 valence electrons. The summed E-state index contributed by atoms with van der Waals surface area (Å²) in [4.78, 5) is 34.4. The molecule has 2 aromatic rings. The van der Waals surface area contributed by atoms with Crippen molar-refractivity contribution in [3.8, 4) is 0 Å². The van der Waals surface area contributed by atoms with Crippen LogP contribution in [0.5, 0.6) is 0 Å². The summed E-state index contributed by atoms with van der Waals surface area (Å²) >= 11 is 0. The molecule has 2 rings (SSSR count). The Balaban J connectivity index is 2.37. The Kier molecular flexibility index (Phi) is 4.63. The molecule has 0 radical (unpaired) electrons. The van der Waals surface area contributed by atoms with Crippen LogP contribution in [0.2, 0.25) is 0 Å². The highest BCUT2D eigenvalue weighted by molar-refractivity contribution is 5.95. The summed E-state index contributed by atoms with van der Waals surface area (Å²) in [5.74, 6) is 0.655. The van der Waals surface area contributed by atoms with Gasteiger partial charge in [0.05, 0.1) is 22.0 Å². The van der Waals surface area contributed by atoms with Crippen LogP contribution in [0.4, 0.5) is 11.4 Å². The molecule has 24 heavy (non-hydrogen) atoms. The Labute approximate surface area is 136 Å². The molecule has 0 unspecified atom stereocenters. The van der Waals surface area contributed by atoms with Crippen LogP contribution in [-0.2, 0) is 6.54 Å². The van der Waals surface area contributed by atoms with E-state index in [-0.39, 0.29) is 17.7 Å². The molecule has 0 saturated heterocycles. The number of amides is 1. The first-order valence-corrected chi connectivity index (χ1v) is 6.95. The first-order valence-electron chi connectivity index (χ1n) is 6.95. The molecule has 1 aromatic carbocycles. The lowest BCUT2D eigenvalue weighted by atomic mass is 10.1. The van der Waals surface area contributed by atoms with Gasteiger partial charge < -0.3 is 9.32 Å². The van der Waals surface area contributed by atoms with E-state index in [0.717, 1.165) is 12.1 Å². The summed E-state index contributed by atoms with van der Waals surface area (Å²) in [6.07, 6.45) is 0. The van der Waals surface area contributed by atoms with Crippen LogP contribution in [0.3, 0.4) is 0 Å². The van der Waals surface area contributed by atoms with Crippen LogP contribution in [-0.4, -0.2) is 27.7 Å². The first kappa shape index (κ1) is 17.1. The maximum atomic E-state index is 12.5. The van der Waals surface area contributed by atoms with Gasteiger partial charge in [-0.25, -0.2) is 0 Å². The molecule has 0 aliphatic rings. The standard InChI is InChI=1S/C15H15N3O6/c1-9-4-5-12(24-9)8-16(3)15(19)11-6-13(17(20)21)10(2)14(7-11)18(22)23/h4-7H,8H2,1-3H3. The normalized spacial score (nSPS) is 10.5. The predicted molar refractivity (Wildman–Crippen MR) is 83.7 cm³/mol. The van der Waals surface area contributed by atoms with Gasteiger partial charge in [0.2, 0.25) is 0 Å². The van der Waals surface area contributed by atoms with E-state index in [9.17, 15) is 25.0 Å². The number of nitro groups is 2. The van der Waals surface area contributed by atoms with Crippen molar-refractivity contribution in [2.24, 2.45) is 0 Å². The molecule has 0 spiro atoms. The molecule has 0 saturated carbocycles. The first-order chi connectivity index (χ1) is 11.2. The maximum Gasteiger partial charge on any atom is 0.279 e. The van der Waals surface area contributed by atoms with Gasteiger partial charge >= 0.3 is 0 Å². The molecule has 0 aliphatic heterocycles. The average Bonchev–Trinajstić information content (AvgIpc) is 2.91. The minimum atomic E-state index is -0.741. The van der Waals surface area contributed by atoms with Gasteiger partial charge in [-0.3, -0.25) is 25.0 Å². The van der Waals surface area contributed by atoms with Gasteiger partial charge in [-0.05, 0) is 26.0 Å². The molecule has 1 aromatic heterocycles. The number of hydrogen-bond acceptors (Lipinski definition) is 6. The zero-order valence-corrected chi connectivity index (χ0v) is 13.3. The van der Waals surface area contributed by atoms with E-state index in [1.54, 1.807) is 19.1 Å². The highest BCUT2D eigenvalue weighted by Crippen LogP contribution is 2.30. The molecule has 0 N–H and O–H groups in total. The van der Waals surface area contributed by atoms with Crippen molar-refractivity contribution in [1.29, 1.82) is 0 Å². The molecule has 0 atom stereocenters. The van der Waals surface area contributed by atoms with E-state index in [0.29, 0.717) is 11.5 Å². The van der Waals surface area contributed by atoms with E-state index in [4.69, 9.17) is 4.42 Å².